The van der Waals surface area contributed by atoms with Gasteiger partial charge >= 0.3 is 0 Å². The van der Waals surface area contributed by atoms with Crippen molar-refractivity contribution in [1.82, 2.24) is 0 Å². The second-order valence-corrected chi connectivity index (χ2v) is 5.01. The molecule has 2 atom stereocenters. The quantitative estimate of drug-likeness (QED) is 0.873. The van der Waals surface area contributed by atoms with E-state index >= 15 is 0 Å². The number of amides is 1. The highest BCUT2D eigenvalue weighted by molar-refractivity contribution is 5.96. The topological polar surface area (TPSA) is 46.3 Å². The summed E-state index contributed by atoms with van der Waals surface area (Å²) in [6, 6.07) is 4.44. The zero-order valence-corrected chi connectivity index (χ0v) is 10.8. The highest BCUT2D eigenvalue weighted by Gasteiger charge is 2.28. The summed E-state index contributed by atoms with van der Waals surface area (Å²) < 4.78 is 13.2. The molecule has 0 aromatic heterocycles. The van der Waals surface area contributed by atoms with Gasteiger partial charge in [-0.05, 0) is 43.5 Å². The van der Waals surface area contributed by atoms with E-state index in [-0.39, 0.29) is 23.7 Å². The minimum Gasteiger partial charge on any atom is -0.327 e. The van der Waals surface area contributed by atoms with Crippen molar-refractivity contribution in [2.75, 3.05) is 11.4 Å². The predicted octanol–water partition coefficient (Wildman–Crippen LogP) is 2.09. The Morgan fingerprint density at radius 3 is 2.83 bits per heavy atom. The Hall–Kier alpha value is -1.42. The second-order valence-electron chi connectivity index (χ2n) is 5.01. The van der Waals surface area contributed by atoms with Crippen molar-refractivity contribution in [3.05, 3.63) is 29.6 Å². The number of halogens is 1. The molecule has 0 bridgehead atoms. The lowest BCUT2D eigenvalue weighted by Gasteiger charge is -2.32. The molecule has 2 rings (SSSR count). The van der Waals surface area contributed by atoms with E-state index in [4.69, 9.17) is 5.73 Å². The molecule has 1 aliphatic heterocycles. The molecule has 0 spiro atoms. The number of carbonyl (C=O) groups is 1. The monoisotopic (exact) mass is 250 g/mol. The first-order valence-electron chi connectivity index (χ1n) is 6.36. The molecule has 0 radical (unpaired) electrons. The first kappa shape index (κ1) is 13.0. The van der Waals surface area contributed by atoms with Crippen molar-refractivity contribution >= 4 is 11.6 Å². The van der Waals surface area contributed by atoms with Gasteiger partial charge in [0, 0.05) is 18.3 Å². The molecule has 4 heteroatoms. The molecule has 0 saturated heterocycles. The number of carbonyl (C=O) groups excluding carboxylic acids is 1. The smallest absolute Gasteiger partial charge is 0.231 e. The van der Waals surface area contributed by atoms with E-state index < -0.39 is 0 Å². The van der Waals surface area contributed by atoms with Gasteiger partial charge in [0.15, 0.2) is 0 Å². The van der Waals surface area contributed by atoms with Gasteiger partial charge in [-0.15, -0.1) is 0 Å². The van der Waals surface area contributed by atoms with E-state index in [1.807, 2.05) is 13.8 Å². The van der Waals surface area contributed by atoms with Crippen LogP contribution in [-0.2, 0) is 11.2 Å². The average molecular weight is 250 g/mol. The maximum absolute atomic E-state index is 13.2. The Morgan fingerprint density at radius 1 is 1.44 bits per heavy atom. The summed E-state index contributed by atoms with van der Waals surface area (Å²) in [5.74, 6) is -0.443. The van der Waals surface area contributed by atoms with Gasteiger partial charge < -0.3 is 10.6 Å². The molecule has 18 heavy (non-hydrogen) atoms. The Balaban J connectivity index is 2.30. The summed E-state index contributed by atoms with van der Waals surface area (Å²) in [5.41, 5.74) is 7.52. The highest BCUT2D eigenvalue weighted by atomic mass is 19.1. The van der Waals surface area contributed by atoms with E-state index in [0.29, 0.717) is 6.54 Å². The molecule has 1 aromatic rings. The molecular weight excluding hydrogens is 231 g/mol. The number of rotatable bonds is 2. The lowest BCUT2D eigenvalue weighted by molar-refractivity contribution is -0.122. The normalized spacial score (nSPS) is 18.1. The van der Waals surface area contributed by atoms with Gasteiger partial charge in [-0.1, -0.05) is 6.92 Å². The molecule has 1 heterocycles. The maximum atomic E-state index is 13.2. The average Bonchev–Trinajstić information content (AvgIpc) is 2.35. The van der Waals surface area contributed by atoms with Crippen molar-refractivity contribution < 1.29 is 9.18 Å². The number of hydrogen-bond acceptors (Lipinski definition) is 2. The molecule has 1 aliphatic rings. The minimum atomic E-state index is -0.247. The predicted molar refractivity (Wildman–Crippen MR) is 69.9 cm³/mol. The van der Waals surface area contributed by atoms with Crippen molar-refractivity contribution in [2.24, 2.45) is 11.7 Å². The van der Waals surface area contributed by atoms with Crippen LogP contribution in [0.5, 0.6) is 0 Å². The van der Waals surface area contributed by atoms with Gasteiger partial charge in [-0.2, -0.15) is 0 Å². The zero-order valence-electron chi connectivity index (χ0n) is 10.8. The lowest BCUT2D eigenvalue weighted by Crippen LogP contribution is -2.44. The van der Waals surface area contributed by atoms with E-state index in [0.717, 1.165) is 24.1 Å². The molecule has 0 aliphatic carbocycles. The Bertz CT molecular complexity index is 459. The van der Waals surface area contributed by atoms with Crippen molar-refractivity contribution in [3.8, 4) is 0 Å². The summed E-state index contributed by atoms with van der Waals surface area (Å²) in [4.78, 5) is 14.1. The van der Waals surface area contributed by atoms with Crippen LogP contribution in [0.1, 0.15) is 25.8 Å². The number of fused-ring (bicyclic) bond motifs is 1. The lowest BCUT2D eigenvalue weighted by atomic mass is 9.97. The molecule has 3 nitrogen and oxygen atoms in total. The molecule has 2 N–H and O–H groups in total. The summed E-state index contributed by atoms with van der Waals surface area (Å²) in [7, 11) is 0. The fraction of sp³-hybridized carbons (Fsp3) is 0.500. The van der Waals surface area contributed by atoms with Crippen molar-refractivity contribution in [3.63, 3.8) is 0 Å². The fourth-order valence-corrected chi connectivity index (χ4v) is 2.27. The second kappa shape index (κ2) is 5.06. The number of hydrogen-bond donors (Lipinski definition) is 1. The van der Waals surface area contributed by atoms with E-state index in [1.165, 1.54) is 12.1 Å². The number of aryl methyl sites for hydroxylation is 1. The minimum absolute atomic E-state index is 0.0255. The number of nitrogens with zero attached hydrogens (tertiary/aromatic N) is 1. The first-order valence-corrected chi connectivity index (χ1v) is 6.36. The van der Waals surface area contributed by atoms with Gasteiger partial charge in [0.05, 0.1) is 5.92 Å². The number of benzene rings is 1. The third-order valence-corrected chi connectivity index (χ3v) is 3.60. The van der Waals surface area contributed by atoms with Crippen LogP contribution in [0.4, 0.5) is 10.1 Å². The Labute approximate surface area is 107 Å². The van der Waals surface area contributed by atoms with E-state index in [9.17, 15) is 9.18 Å². The highest BCUT2D eigenvalue weighted by Crippen LogP contribution is 2.29. The van der Waals surface area contributed by atoms with Crippen molar-refractivity contribution in [2.45, 2.75) is 32.7 Å². The van der Waals surface area contributed by atoms with Gasteiger partial charge in [-0.3, -0.25) is 4.79 Å². The number of anilines is 1. The van der Waals surface area contributed by atoms with Crippen LogP contribution in [0.2, 0.25) is 0 Å². The summed E-state index contributed by atoms with van der Waals surface area (Å²) >= 11 is 0. The van der Waals surface area contributed by atoms with Gasteiger partial charge in [0.1, 0.15) is 5.82 Å². The third kappa shape index (κ3) is 2.38. The van der Waals surface area contributed by atoms with Crippen LogP contribution in [0, 0.1) is 11.7 Å². The van der Waals surface area contributed by atoms with Crippen LogP contribution in [-0.4, -0.2) is 18.5 Å². The summed E-state index contributed by atoms with van der Waals surface area (Å²) in [6.45, 7) is 4.36. The molecule has 1 aromatic carbocycles. The summed E-state index contributed by atoms with van der Waals surface area (Å²) in [6.07, 6.45) is 1.69. The Kier molecular flexibility index (Phi) is 3.66. The van der Waals surface area contributed by atoms with Crippen LogP contribution >= 0.6 is 0 Å². The molecule has 98 valence electrons. The molecule has 1 amide bonds. The first-order chi connectivity index (χ1) is 8.50. The fourth-order valence-electron chi connectivity index (χ4n) is 2.27. The SMILES string of the molecule is CC(N)C(C)C(=O)N1CCCc2cc(F)ccc21. The molecule has 0 fully saturated rings. The van der Waals surface area contributed by atoms with Gasteiger partial charge in [0.2, 0.25) is 5.91 Å². The van der Waals surface area contributed by atoms with E-state index in [1.54, 1.807) is 11.0 Å². The molecular formula is C14H19FN2O. The van der Waals surface area contributed by atoms with E-state index in [2.05, 4.69) is 0 Å². The van der Waals surface area contributed by atoms with Gasteiger partial charge in [-0.25, -0.2) is 4.39 Å². The third-order valence-electron chi connectivity index (χ3n) is 3.60. The van der Waals surface area contributed by atoms with Crippen LogP contribution < -0.4 is 10.6 Å². The van der Waals surface area contributed by atoms with Gasteiger partial charge in [0.25, 0.3) is 0 Å². The van der Waals surface area contributed by atoms with Crippen LogP contribution in [0.15, 0.2) is 18.2 Å². The number of nitrogens with two attached hydrogens (primary N) is 1. The molecule has 2 unspecified atom stereocenters. The van der Waals surface area contributed by atoms with Crippen LogP contribution in [0.3, 0.4) is 0 Å². The standard InChI is InChI=1S/C14H19FN2O/c1-9(10(2)16)14(18)17-7-3-4-11-8-12(15)5-6-13(11)17/h5-6,8-10H,3-4,7,16H2,1-2H3. The largest absolute Gasteiger partial charge is 0.327 e. The van der Waals surface area contributed by atoms with Crippen molar-refractivity contribution in [1.29, 1.82) is 0 Å². The Morgan fingerprint density at radius 2 is 2.17 bits per heavy atom. The molecule has 0 saturated carbocycles. The maximum Gasteiger partial charge on any atom is 0.231 e. The zero-order chi connectivity index (χ0) is 13.3. The summed E-state index contributed by atoms with van der Waals surface area (Å²) in [5, 5.41) is 0. The van der Waals surface area contributed by atoms with Crippen LogP contribution in [0.25, 0.3) is 0 Å².